The van der Waals surface area contributed by atoms with Crippen molar-refractivity contribution in [2.45, 2.75) is 41.5 Å². The molecule has 0 saturated carbocycles. The summed E-state index contributed by atoms with van der Waals surface area (Å²) in [4.78, 5) is 5.08. The van der Waals surface area contributed by atoms with Crippen LogP contribution in [0, 0.1) is 41.5 Å². The molecule has 0 atom stereocenters. The fourth-order valence-corrected chi connectivity index (χ4v) is 12.9. The lowest BCUT2D eigenvalue weighted by molar-refractivity contribution is 1.24. The molecule has 0 bridgehead atoms. The highest BCUT2D eigenvalue weighted by atomic mass is 15.2. The first kappa shape index (κ1) is 44.1. The van der Waals surface area contributed by atoms with Crippen molar-refractivity contribution in [2.75, 3.05) is 9.80 Å². The van der Waals surface area contributed by atoms with E-state index in [9.17, 15) is 0 Å². The summed E-state index contributed by atoms with van der Waals surface area (Å²) in [6.45, 7) is 13.3. The molecule has 0 aliphatic rings. The maximum Gasteiger partial charge on any atom is 0.0641 e. The third-order valence-electron chi connectivity index (χ3n) is 16.4. The Kier molecular flexibility index (Phi) is 9.62. The summed E-state index contributed by atoms with van der Waals surface area (Å²) in [5.41, 5.74) is 26.5. The van der Waals surface area contributed by atoms with Gasteiger partial charge in [-0.15, -0.1) is 0 Å². The van der Waals surface area contributed by atoms with Gasteiger partial charge < -0.3 is 18.6 Å². The molecule has 11 aromatic carbocycles. The summed E-state index contributed by atoms with van der Waals surface area (Å²) in [5.74, 6) is 0. The first-order valence-electron chi connectivity index (χ1n) is 26.6. The number of aromatic nitrogens is 2. The predicted molar refractivity (Wildman–Crippen MR) is 324 cm³/mol. The van der Waals surface area contributed by atoms with E-state index in [1.54, 1.807) is 0 Å². The van der Waals surface area contributed by atoms with Gasteiger partial charge in [-0.05, 0) is 148 Å². The van der Waals surface area contributed by atoms with Crippen LogP contribution in [0.4, 0.5) is 34.1 Å². The zero-order valence-electron chi connectivity index (χ0n) is 43.6. The SMILES string of the molecule is Cc1ccc(N(c2cc(C)ccc2C)c2ccc3c4cc5c(cc4n4c6ccccc6c2c34)c2ccc(N(c3cc(C)ccc3C)c3ccc(C)cc3-c3ccccc3)c3c4ccccc4n5c23)c(-c2ccccc2)c1. The molecule has 76 heavy (non-hydrogen) atoms. The van der Waals surface area contributed by atoms with Crippen LogP contribution in [0.1, 0.15) is 33.4 Å². The van der Waals surface area contributed by atoms with Gasteiger partial charge in [-0.25, -0.2) is 0 Å². The number of hydrogen-bond donors (Lipinski definition) is 0. The van der Waals surface area contributed by atoms with Gasteiger partial charge in [0.15, 0.2) is 0 Å². The number of para-hydroxylation sites is 2. The molecule has 4 heteroatoms. The van der Waals surface area contributed by atoms with E-state index in [1.807, 2.05) is 0 Å². The van der Waals surface area contributed by atoms with Crippen molar-refractivity contribution in [1.29, 1.82) is 0 Å². The largest absolute Gasteiger partial charge is 0.309 e. The van der Waals surface area contributed by atoms with Crippen LogP contribution in [-0.4, -0.2) is 8.80 Å². The Morgan fingerprint density at radius 3 is 1.07 bits per heavy atom. The highest BCUT2D eigenvalue weighted by Gasteiger charge is 2.30. The van der Waals surface area contributed by atoms with E-state index in [1.165, 1.54) is 143 Å². The van der Waals surface area contributed by atoms with Crippen molar-refractivity contribution in [3.63, 3.8) is 0 Å². The highest BCUT2D eigenvalue weighted by molar-refractivity contribution is 6.32. The van der Waals surface area contributed by atoms with Gasteiger partial charge in [-0.1, -0.05) is 157 Å². The Morgan fingerprint density at radius 1 is 0.263 bits per heavy atom. The molecular formula is C72H54N4. The summed E-state index contributed by atoms with van der Waals surface area (Å²) < 4.78 is 5.13. The molecule has 0 aliphatic heterocycles. The standard InChI is InChI=1S/C72H54N4/c1-43-27-33-61(55(37-43)49-17-9-7-10-18-49)73(65-39-45(3)25-29-47(65)5)63-35-31-51-57-41-68-58(42-67(57)75-59-23-15-13-21-53(59)69(63)71(51)75)52-32-36-64(70-54-22-14-16-24-60(54)76(68)72(52)70)74(66-40-46(4)26-30-48(66)6)62-34-28-44(2)38-56(62)50-19-11-8-12-20-50/h7-42H,1-6H3. The van der Waals surface area contributed by atoms with Gasteiger partial charge in [0.25, 0.3) is 0 Å². The maximum absolute atomic E-state index is 2.57. The minimum atomic E-state index is 1.15. The predicted octanol–water partition coefficient (Wildman–Crippen LogP) is 20.1. The Labute approximate surface area is 442 Å². The van der Waals surface area contributed by atoms with E-state index in [4.69, 9.17) is 0 Å². The lowest BCUT2D eigenvalue weighted by Crippen LogP contribution is -2.13. The van der Waals surface area contributed by atoms with Crippen LogP contribution in [-0.2, 0) is 0 Å². The Morgan fingerprint density at radius 2 is 0.632 bits per heavy atom. The van der Waals surface area contributed by atoms with Crippen LogP contribution >= 0.6 is 0 Å². The number of nitrogens with zero attached hydrogens (tertiary/aromatic N) is 4. The highest BCUT2D eigenvalue weighted by Crippen LogP contribution is 2.53. The van der Waals surface area contributed by atoms with E-state index >= 15 is 0 Å². The Balaban J connectivity index is 1.03. The van der Waals surface area contributed by atoms with Gasteiger partial charge in [0.1, 0.15) is 0 Å². The van der Waals surface area contributed by atoms with Gasteiger partial charge in [0.05, 0.1) is 55.8 Å². The first-order valence-corrected chi connectivity index (χ1v) is 26.6. The van der Waals surface area contributed by atoms with Crippen molar-refractivity contribution >= 4 is 110 Å². The second-order valence-electron chi connectivity index (χ2n) is 21.3. The molecule has 362 valence electrons. The smallest absolute Gasteiger partial charge is 0.0641 e. The quantitative estimate of drug-likeness (QED) is 0.151. The molecule has 0 saturated heterocycles. The third-order valence-corrected chi connectivity index (χ3v) is 16.4. The zero-order valence-corrected chi connectivity index (χ0v) is 43.6. The summed E-state index contributed by atoms with van der Waals surface area (Å²) in [6.07, 6.45) is 0. The molecule has 0 fully saturated rings. The molecule has 0 aliphatic carbocycles. The monoisotopic (exact) mass is 974 g/mol. The molecule has 0 unspecified atom stereocenters. The summed E-state index contributed by atoms with van der Waals surface area (Å²) in [6, 6.07) is 82.0. The number of rotatable bonds is 8. The van der Waals surface area contributed by atoms with E-state index in [0.717, 1.165) is 22.7 Å². The van der Waals surface area contributed by atoms with Crippen molar-refractivity contribution in [2.24, 2.45) is 0 Å². The average molecular weight is 975 g/mol. The minimum absolute atomic E-state index is 1.15. The topological polar surface area (TPSA) is 15.3 Å². The summed E-state index contributed by atoms with van der Waals surface area (Å²) in [5, 5.41) is 9.98. The van der Waals surface area contributed by atoms with Crippen LogP contribution < -0.4 is 9.80 Å². The second kappa shape index (κ2) is 16.6. The molecule has 0 amide bonds. The van der Waals surface area contributed by atoms with Crippen LogP contribution in [0.15, 0.2) is 218 Å². The van der Waals surface area contributed by atoms with E-state index in [0.29, 0.717) is 0 Å². The second-order valence-corrected chi connectivity index (χ2v) is 21.3. The van der Waals surface area contributed by atoms with Crippen molar-refractivity contribution in [3.8, 4) is 22.3 Å². The molecule has 4 heterocycles. The van der Waals surface area contributed by atoms with Gasteiger partial charge in [-0.2, -0.15) is 0 Å². The lowest BCUT2D eigenvalue weighted by atomic mass is 9.97. The molecule has 0 radical (unpaired) electrons. The number of fused-ring (bicyclic) bond motifs is 12. The number of benzene rings is 11. The number of aryl methyl sites for hydroxylation is 6. The zero-order chi connectivity index (χ0) is 51.1. The van der Waals surface area contributed by atoms with Crippen LogP contribution in [0.2, 0.25) is 0 Å². The maximum atomic E-state index is 2.57. The number of hydrogen-bond acceptors (Lipinski definition) is 2. The Bertz CT molecular complexity index is 4520. The molecular weight excluding hydrogens is 921 g/mol. The van der Waals surface area contributed by atoms with Crippen molar-refractivity contribution < 1.29 is 0 Å². The molecule has 15 aromatic rings. The van der Waals surface area contributed by atoms with Gasteiger partial charge >= 0.3 is 0 Å². The molecule has 0 spiro atoms. The van der Waals surface area contributed by atoms with Gasteiger partial charge in [-0.3, -0.25) is 0 Å². The van der Waals surface area contributed by atoms with Crippen LogP contribution in [0.3, 0.4) is 0 Å². The minimum Gasteiger partial charge on any atom is -0.309 e. The normalized spacial score (nSPS) is 12.1. The fraction of sp³-hybridized carbons (Fsp3) is 0.0833. The van der Waals surface area contributed by atoms with Crippen molar-refractivity contribution in [1.82, 2.24) is 8.80 Å². The van der Waals surface area contributed by atoms with E-state index in [2.05, 4.69) is 279 Å². The van der Waals surface area contributed by atoms with Crippen LogP contribution in [0.25, 0.3) is 98.4 Å². The van der Waals surface area contributed by atoms with E-state index < -0.39 is 0 Å². The number of anilines is 6. The first-order chi connectivity index (χ1) is 37.2. The fourth-order valence-electron chi connectivity index (χ4n) is 12.9. The third kappa shape index (κ3) is 6.37. The average Bonchev–Trinajstić information content (AvgIpc) is 4.35. The molecule has 15 rings (SSSR count). The summed E-state index contributed by atoms with van der Waals surface area (Å²) in [7, 11) is 0. The molecule has 4 nitrogen and oxygen atoms in total. The molecule has 0 N–H and O–H groups in total. The summed E-state index contributed by atoms with van der Waals surface area (Å²) >= 11 is 0. The van der Waals surface area contributed by atoms with Crippen molar-refractivity contribution in [3.05, 3.63) is 252 Å². The molecule has 4 aromatic heterocycles. The van der Waals surface area contributed by atoms with Gasteiger partial charge in [0, 0.05) is 65.6 Å². The van der Waals surface area contributed by atoms with Crippen LogP contribution in [0.5, 0.6) is 0 Å². The Hall–Kier alpha value is -9.38. The van der Waals surface area contributed by atoms with E-state index in [-0.39, 0.29) is 0 Å². The lowest BCUT2D eigenvalue weighted by Gasteiger charge is -2.30. The van der Waals surface area contributed by atoms with Gasteiger partial charge in [0.2, 0.25) is 0 Å².